The Labute approximate surface area is 224 Å². The Morgan fingerprint density at radius 1 is 1.08 bits per heavy atom. The highest BCUT2D eigenvalue weighted by Crippen LogP contribution is 2.35. The Hall–Kier alpha value is -2.67. The Kier molecular flexibility index (Phi) is 10.7. The van der Waals surface area contributed by atoms with Gasteiger partial charge in [0.15, 0.2) is 13.2 Å². The largest absolute Gasteiger partial charge is 0.508 e. The first-order chi connectivity index (χ1) is 16.8. The van der Waals surface area contributed by atoms with Crippen LogP contribution in [0.2, 0.25) is 0 Å². The molecule has 196 valence electrons. The molecule has 0 bridgehead atoms. The summed E-state index contributed by atoms with van der Waals surface area (Å²) in [4.78, 5) is 61.7. The molecule has 0 saturated carbocycles. The number of thioether (sulfide) groups is 1. The van der Waals surface area contributed by atoms with Gasteiger partial charge in [-0.15, -0.1) is 0 Å². The molecule has 11 nitrogen and oxygen atoms in total. The smallest absolute Gasteiger partial charge is 0.484 e. The van der Waals surface area contributed by atoms with E-state index in [1.54, 1.807) is 30.3 Å². The lowest BCUT2D eigenvalue weighted by molar-refractivity contribution is -0.150. The number of aliphatic carboxylic acids is 1. The Morgan fingerprint density at radius 3 is 2.28 bits per heavy atom. The lowest BCUT2D eigenvalue weighted by atomic mass is 10.0. The van der Waals surface area contributed by atoms with Gasteiger partial charge in [0, 0.05) is 0 Å². The van der Waals surface area contributed by atoms with E-state index in [1.165, 1.54) is 13.8 Å². The molecular weight excluding hydrogens is 563 g/mol. The van der Waals surface area contributed by atoms with Crippen LogP contribution < -0.4 is 10.1 Å². The third-order valence-corrected chi connectivity index (χ3v) is 5.74. The minimum Gasteiger partial charge on any atom is -0.484 e. The predicted octanol–water partition coefficient (Wildman–Crippen LogP) is 2.88. The Bertz CT molecular complexity index is 1040. The van der Waals surface area contributed by atoms with Crippen molar-refractivity contribution in [3.63, 3.8) is 0 Å². The van der Waals surface area contributed by atoms with Crippen molar-refractivity contribution in [1.29, 1.82) is 0 Å². The zero-order valence-corrected chi connectivity index (χ0v) is 21.9. The fourth-order valence-corrected chi connectivity index (χ4v) is 4.06. The van der Waals surface area contributed by atoms with Crippen LogP contribution in [0.5, 0.6) is 5.75 Å². The number of nitrogens with zero attached hydrogens (tertiary/aromatic N) is 1. The number of alkyl halides is 3. The summed E-state index contributed by atoms with van der Waals surface area (Å²) in [5.74, 6) is -2.39. The minimum absolute atomic E-state index is 0.289. The summed E-state index contributed by atoms with van der Waals surface area (Å²) in [7, 11) is 0. The summed E-state index contributed by atoms with van der Waals surface area (Å²) in [5, 5.41) is 10.1. The summed E-state index contributed by atoms with van der Waals surface area (Å²) in [6, 6.07) is 7.21. The highest BCUT2D eigenvalue weighted by atomic mass is 35.6. The molecule has 2 rings (SSSR count). The summed E-state index contributed by atoms with van der Waals surface area (Å²) >= 11 is 16.9. The van der Waals surface area contributed by atoms with Gasteiger partial charge in [-0.1, -0.05) is 64.8 Å². The molecule has 1 heterocycles. The first-order valence-corrected chi connectivity index (χ1v) is 12.1. The van der Waals surface area contributed by atoms with Crippen molar-refractivity contribution in [2.75, 3.05) is 19.8 Å². The molecule has 1 aromatic rings. The van der Waals surface area contributed by atoms with Crippen LogP contribution in [-0.4, -0.2) is 74.1 Å². The molecule has 2 atom stereocenters. The van der Waals surface area contributed by atoms with Crippen molar-refractivity contribution in [2.24, 2.45) is 0 Å². The number of benzene rings is 1. The molecule has 0 spiro atoms. The topological polar surface area (TPSA) is 149 Å². The molecular formula is C21H21Cl3N2O9S. The van der Waals surface area contributed by atoms with Crippen LogP contribution in [0.3, 0.4) is 0 Å². The van der Waals surface area contributed by atoms with Crippen molar-refractivity contribution < 1.29 is 43.3 Å². The van der Waals surface area contributed by atoms with Crippen LogP contribution in [-0.2, 0) is 28.7 Å². The van der Waals surface area contributed by atoms with Crippen molar-refractivity contribution >= 4 is 75.6 Å². The molecule has 1 aliphatic heterocycles. The van der Waals surface area contributed by atoms with Crippen molar-refractivity contribution in [3.8, 4) is 5.75 Å². The van der Waals surface area contributed by atoms with Gasteiger partial charge in [-0.05, 0) is 31.6 Å². The normalized spacial score (nSPS) is 16.9. The van der Waals surface area contributed by atoms with Gasteiger partial charge in [0.2, 0.25) is 8.91 Å². The van der Waals surface area contributed by atoms with Crippen molar-refractivity contribution in [1.82, 2.24) is 10.2 Å². The molecule has 1 fully saturated rings. The van der Waals surface area contributed by atoms with Crippen molar-refractivity contribution in [3.05, 3.63) is 41.6 Å². The van der Waals surface area contributed by atoms with E-state index in [9.17, 15) is 29.1 Å². The molecule has 2 amide bonds. The van der Waals surface area contributed by atoms with Crippen LogP contribution in [0.4, 0.5) is 4.79 Å². The Morgan fingerprint density at radius 2 is 1.72 bits per heavy atom. The second-order valence-corrected chi connectivity index (χ2v) is 11.0. The number of nitrogens with one attached hydrogen (secondary N) is 1. The lowest BCUT2D eigenvalue weighted by Gasteiger charge is -2.46. The number of halogens is 3. The average molecular weight is 584 g/mol. The average Bonchev–Trinajstić information content (AvgIpc) is 2.80. The fourth-order valence-electron chi connectivity index (χ4n) is 2.86. The van der Waals surface area contributed by atoms with Gasteiger partial charge in [-0.25, -0.2) is 9.59 Å². The molecule has 1 aliphatic rings. The number of allylic oxidation sites excluding steroid dienone is 1. The second-order valence-electron chi connectivity index (χ2n) is 7.33. The molecule has 1 saturated heterocycles. The first-order valence-electron chi connectivity index (χ1n) is 10.1. The molecule has 0 aromatic heterocycles. The van der Waals surface area contributed by atoms with Gasteiger partial charge in [0.05, 0.1) is 0 Å². The number of rotatable bonds is 10. The van der Waals surface area contributed by atoms with Crippen LogP contribution in [0, 0.1) is 0 Å². The number of para-hydroxylation sites is 1. The summed E-state index contributed by atoms with van der Waals surface area (Å²) < 4.78 is 12.6. The SMILES string of the molecule is CC(C)=C(C(=O)O)N1C(=O)C(NC(=O)COc2ccccc2)C1SC(=O)COC(=O)OCC(Cl)(Cl)Cl. The molecule has 36 heavy (non-hydrogen) atoms. The van der Waals surface area contributed by atoms with Gasteiger partial charge in [-0.2, -0.15) is 0 Å². The zero-order chi connectivity index (χ0) is 27.0. The number of β-lactam (4-membered cyclic amide) rings is 1. The monoisotopic (exact) mass is 582 g/mol. The number of hydrogen-bond acceptors (Lipinski definition) is 9. The first kappa shape index (κ1) is 29.6. The highest BCUT2D eigenvalue weighted by molar-refractivity contribution is 8.14. The van der Waals surface area contributed by atoms with Crippen molar-refractivity contribution in [2.45, 2.75) is 29.1 Å². The van der Waals surface area contributed by atoms with E-state index in [4.69, 9.17) is 39.5 Å². The lowest BCUT2D eigenvalue weighted by Crippen LogP contribution is -2.70. The van der Waals surface area contributed by atoms with Crippen LogP contribution >= 0.6 is 46.6 Å². The van der Waals surface area contributed by atoms with Crippen LogP contribution in [0.15, 0.2) is 41.6 Å². The van der Waals surface area contributed by atoms with E-state index >= 15 is 0 Å². The molecule has 0 aliphatic carbocycles. The number of ether oxygens (including phenoxy) is 3. The minimum atomic E-state index is -1.88. The third kappa shape index (κ3) is 8.77. The fraction of sp³-hybridized carbons (Fsp3) is 0.381. The van der Waals surface area contributed by atoms with Crippen LogP contribution in [0.25, 0.3) is 0 Å². The van der Waals surface area contributed by atoms with E-state index in [2.05, 4.69) is 14.8 Å². The predicted molar refractivity (Wildman–Crippen MR) is 131 cm³/mol. The summed E-state index contributed by atoms with van der Waals surface area (Å²) in [6.45, 7) is 1.11. The summed E-state index contributed by atoms with van der Waals surface area (Å²) in [6.07, 6.45) is -1.28. The maximum absolute atomic E-state index is 12.8. The molecule has 2 unspecified atom stereocenters. The van der Waals surface area contributed by atoms with Crippen LogP contribution in [0.1, 0.15) is 13.8 Å². The molecule has 0 radical (unpaired) electrons. The number of carboxylic acid groups (broad SMARTS) is 1. The number of amides is 2. The van der Waals surface area contributed by atoms with E-state index in [1.807, 2.05) is 0 Å². The number of likely N-dealkylation sites (tertiary alicyclic amines) is 1. The van der Waals surface area contributed by atoms with E-state index in [0.29, 0.717) is 17.5 Å². The Balaban J connectivity index is 2.05. The van der Waals surface area contributed by atoms with Gasteiger partial charge in [0.25, 0.3) is 11.8 Å². The molecule has 15 heteroatoms. The number of carbonyl (C=O) groups excluding carboxylic acids is 4. The highest BCUT2D eigenvalue weighted by Gasteiger charge is 2.53. The zero-order valence-electron chi connectivity index (χ0n) is 18.9. The van der Waals surface area contributed by atoms with Gasteiger partial charge >= 0.3 is 12.1 Å². The number of carboxylic acids is 1. The second kappa shape index (κ2) is 13.0. The van der Waals surface area contributed by atoms with E-state index in [0.717, 1.165) is 4.90 Å². The van der Waals surface area contributed by atoms with E-state index < -0.39 is 64.1 Å². The molecule has 1 aromatic carbocycles. The van der Waals surface area contributed by atoms with Gasteiger partial charge in [-0.3, -0.25) is 19.3 Å². The maximum atomic E-state index is 12.8. The number of carbonyl (C=O) groups is 5. The molecule has 2 N–H and O–H groups in total. The maximum Gasteiger partial charge on any atom is 0.508 e. The number of hydrogen-bond donors (Lipinski definition) is 2. The standard InChI is InChI=1S/C21H21Cl3N2O9S/c1-11(2)16(19(30)31)26-17(29)15(25-13(27)8-33-12-6-4-3-5-7-12)18(26)36-14(28)9-34-20(32)35-10-21(22,23)24/h3-7,15,18H,8-10H2,1-2H3,(H,25,27)(H,30,31). The van der Waals surface area contributed by atoms with Gasteiger partial charge < -0.3 is 24.6 Å². The van der Waals surface area contributed by atoms with E-state index in [-0.39, 0.29) is 11.3 Å². The van der Waals surface area contributed by atoms with Gasteiger partial charge in [0.1, 0.15) is 29.5 Å². The third-order valence-electron chi connectivity index (χ3n) is 4.30. The quantitative estimate of drug-likeness (QED) is 0.182. The summed E-state index contributed by atoms with van der Waals surface area (Å²) in [5.41, 5.74) is -0.0584.